The third kappa shape index (κ3) is 3.88. The minimum absolute atomic E-state index is 0.0693. The van der Waals surface area contributed by atoms with Crippen molar-refractivity contribution in [2.75, 3.05) is 37.3 Å². The number of halogens is 1. The van der Waals surface area contributed by atoms with Crippen LogP contribution in [-0.2, 0) is 0 Å². The van der Waals surface area contributed by atoms with Crippen molar-refractivity contribution in [3.63, 3.8) is 0 Å². The molecule has 4 N–H and O–H groups in total. The van der Waals surface area contributed by atoms with Crippen LogP contribution in [0.2, 0.25) is 0 Å². The van der Waals surface area contributed by atoms with Crippen LogP contribution in [0.15, 0.2) is 30.3 Å². The summed E-state index contributed by atoms with van der Waals surface area (Å²) in [6.07, 6.45) is -0.164. The summed E-state index contributed by atoms with van der Waals surface area (Å²) in [4.78, 5) is 24.8. The highest BCUT2D eigenvalue weighted by Crippen LogP contribution is 2.38. The number of anilines is 2. The number of likely N-dealkylation sites (tertiary alicyclic amines) is 1. The summed E-state index contributed by atoms with van der Waals surface area (Å²) in [6.45, 7) is 0.984. The van der Waals surface area contributed by atoms with E-state index >= 15 is 0 Å². The van der Waals surface area contributed by atoms with Gasteiger partial charge in [-0.05, 0) is 12.8 Å². The van der Waals surface area contributed by atoms with Crippen LogP contribution in [0.25, 0.3) is 21.6 Å². The number of nitrogens with zero attached hydrogens (tertiary/aromatic N) is 3. The van der Waals surface area contributed by atoms with Gasteiger partial charge in [-0.15, -0.1) is 11.3 Å². The molecule has 1 saturated heterocycles. The zero-order valence-corrected chi connectivity index (χ0v) is 16.6. The molecule has 29 heavy (non-hydrogen) atoms. The summed E-state index contributed by atoms with van der Waals surface area (Å²) < 4.78 is 13.4. The number of hydrogen-bond donors (Lipinski definition) is 3. The van der Waals surface area contributed by atoms with Gasteiger partial charge in [-0.25, -0.2) is 14.4 Å². The Morgan fingerprint density at radius 1 is 1.28 bits per heavy atom. The fraction of sp³-hybridized carbons (Fsp3) is 0.350. The fourth-order valence-electron chi connectivity index (χ4n) is 3.39. The standard InChI is InChI=1S/C20H22FN5O2S/c21-13-6-9-26(10-7-13)20(28)16-15(22)14-18(23-8-11-27)24-17(25-19(14)29-16)12-4-2-1-3-5-12/h1-5,13,27H,6-11,22H2,(H,23,24,25). The van der Waals surface area contributed by atoms with Gasteiger partial charge in [0.25, 0.3) is 5.91 Å². The van der Waals surface area contributed by atoms with Crippen LogP contribution in [0.5, 0.6) is 0 Å². The van der Waals surface area contributed by atoms with Crippen molar-refractivity contribution >= 4 is 39.0 Å². The summed E-state index contributed by atoms with van der Waals surface area (Å²) >= 11 is 1.22. The molecule has 1 aliphatic rings. The molecule has 3 heterocycles. The molecule has 3 aromatic rings. The molecule has 1 amide bonds. The van der Waals surface area contributed by atoms with Crippen LogP contribution < -0.4 is 11.1 Å². The molecule has 9 heteroatoms. The number of rotatable bonds is 5. The van der Waals surface area contributed by atoms with Crippen molar-refractivity contribution in [3.05, 3.63) is 35.2 Å². The monoisotopic (exact) mass is 415 g/mol. The number of nitrogens with two attached hydrogens (primary N) is 1. The molecule has 0 radical (unpaired) electrons. The van der Waals surface area contributed by atoms with Gasteiger partial charge in [0, 0.05) is 25.2 Å². The maximum atomic E-state index is 13.4. The van der Waals surface area contributed by atoms with Crippen molar-refractivity contribution in [2.24, 2.45) is 0 Å². The average Bonchev–Trinajstić information content (AvgIpc) is 3.09. The van der Waals surface area contributed by atoms with Gasteiger partial charge in [0.15, 0.2) is 5.82 Å². The van der Waals surface area contributed by atoms with Crippen molar-refractivity contribution in [1.82, 2.24) is 14.9 Å². The quantitative estimate of drug-likeness (QED) is 0.592. The van der Waals surface area contributed by atoms with Crippen LogP contribution in [-0.4, -0.2) is 58.3 Å². The van der Waals surface area contributed by atoms with E-state index in [9.17, 15) is 14.3 Å². The lowest BCUT2D eigenvalue weighted by atomic mass is 10.1. The second kappa shape index (κ2) is 8.30. The van der Waals surface area contributed by atoms with Gasteiger partial charge >= 0.3 is 0 Å². The minimum Gasteiger partial charge on any atom is -0.397 e. The molecular formula is C20H22FN5O2S. The molecule has 0 aliphatic carbocycles. The van der Waals surface area contributed by atoms with Gasteiger partial charge in [-0.1, -0.05) is 30.3 Å². The zero-order valence-electron chi connectivity index (χ0n) is 15.8. The topological polar surface area (TPSA) is 104 Å². The van der Waals surface area contributed by atoms with Crippen LogP contribution in [0, 0.1) is 0 Å². The second-order valence-electron chi connectivity index (χ2n) is 6.90. The van der Waals surface area contributed by atoms with Gasteiger partial charge in [0.2, 0.25) is 0 Å². The average molecular weight is 415 g/mol. The summed E-state index contributed by atoms with van der Waals surface area (Å²) in [7, 11) is 0. The Balaban J connectivity index is 1.77. The normalized spacial score (nSPS) is 15.0. The molecule has 0 atom stereocenters. The first-order valence-corrected chi connectivity index (χ1v) is 10.3. The summed E-state index contributed by atoms with van der Waals surface area (Å²) in [5, 5.41) is 12.9. The van der Waals surface area contributed by atoms with E-state index in [1.807, 2.05) is 30.3 Å². The lowest BCUT2D eigenvalue weighted by Crippen LogP contribution is -2.38. The number of carbonyl (C=O) groups excluding carboxylic acids is 1. The molecular weight excluding hydrogens is 393 g/mol. The Labute approximate surface area is 171 Å². The number of benzene rings is 1. The van der Waals surface area contributed by atoms with E-state index in [4.69, 9.17) is 5.73 Å². The van der Waals surface area contributed by atoms with Gasteiger partial charge in [0.05, 0.1) is 17.7 Å². The van der Waals surface area contributed by atoms with Crippen LogP contribution in [0.1, 0.15) is 22.5 Å². The number of amides is 1. The third-order valence-electron chi connectivity index (χ3n) is 4.93. The van der Waals surface area contributed by atoms with Crippen molar-refractivity contribution in [3.8, 4) is 11.4 Å². The third-order valence-corrected chi connectivity index (χ3v) is 6.02. The minimum atomic E-state index is -0.854. The number of aliphatic hydroxyl groups excluding tert-OH is 1. The molecule has 4 rings (SSSR count). The van der Waals surface area contributed by atoms with Gasteiger partial charge in [-0.2, -0.15) is 0 Å². The van der Waals surface area contributed by atoms with Crippen LogP contribution in [0.3, 0.4) is 0 Å². The maximum absolute atomic E-state index is 13.4. The fourth-order valence-corrected chi connectivity index (χ4v) is 4.46. The smallest absolute Gasteiger partial charge is 0.266 e. The van der Waals surface area contributed by atoms with Gasteiger partial charge in [-0.3, -0.25) is 4.79 Å². The first kappa shape index (κ1) is 19.5. The van der Waals surface area contributed by atoms with E-state index in [1.54, 1.807) is 4.90 Å². The second-order valence-corrected chi connectivity index (χ2v) is 7.90. The Morgan fingerprint density at radius 3 is 2.69 bits per heavy atom. The number of alkyl halides is 1. The molecule has 0 saturated carbocycles. The lowest BCUT2D eigenvalue weighted by Gasteiger charge is -2.28. The number of nitrogen functional groups attached to an aromatic ring is 1. The molecule has 1 aromatic carbocycles. The lowest BCUT2D eigenvalue weighted by molar-refractivity contribution is 0.0673. The number of nitrogens with one attached hydrogen (secondary N) is 1. The van der Waals surface area contributed by atoms with E-state index in [0.717, 1.165) is 5.56 Å². The van der Waals surface area contributed by atoms with Crippen LogP contribution in [0.4, 0.5) is 15.9 Å². The van der Waals surface area contributed by atoms with Crippen molar-refractivity contribution in [1.29, 1.82) is 0 Å². The number of thiophene rings is 1. The Morgan fingerprint density at radius 2 is 2.00 bits per heavy atom. The van der Waals surface area contributed by atoms with Crippen LogP contribution >= 0.6 is 11.3 Å². The van der Waals surface area contributed by atoms with E-state index in [-0.39, 0.29) is 12.5 Å². The predicted molar refractivity (Wildman–Crippen MR) is 113 cm³/mol. The van der Waals surface area contributed by atoms with E-state index < -0.39 is 6.17 Å². The zero-order chi connectivity index (χ0) is 20.4. The number of hydrogen-bond acceptors (Lipinski definition) is 7. The first-order chi connectivity index (χ1) is 14.1. The molecule has 0 spiro atoms. The molecule has 0 unspecified atom stereocenters. The number of carbonyl (C=O) groups is 1. The highest BCUT2D eigenvalue weighted by Gasteiger charge is 2.28. The molecule has 0 bridgehead atoms. The number of piperidine rings is 1. The Kier molecular flexibility index (Phi) is 5.59. The van der Waals surface area contributed by atoms with E-state index in [0.29, 0.717) is 64.9 Å². The highest BCUT2D eigenvalue weighted by molar-refractivity contribution is 7.21. The SMILES string of the molecule is Nc1c(C(=O)N2CCC(F)CC2)sc2nc(-c3ccccc3)nc(NCCO)c12. The van der Waals surface area contributed by atoms with Crippen molar-refractivity contribution < 1.29 is 14.3 Å². The Hall–Kier alpha value is -2.78. The van der Waals surface area contributed by atoms with E-state index in [2.05, 4.69) is 15.3 Å². The summed E-state index contributed by atoms with van der Waals surface area (Å²) in [5.41, 5.74) is 7.50. The largest absolute Gasteiger partial charge is 0.397 e. The molecule has 2 aromatic heterocycles. The van der Waals surface area contributed by atoms with Gasteiger partial charge < -0.3 is 21.1 Å². The first-order valence-electron chi connectivity index (χ1n) is 9.52. The predicted octanol–water partition coefficient (Wildman–Crippen LogP) is 2.92. The number of aromatic nitrogens is 2. The number of aliphatic hydroxyl groups is 1. The van der Waals surface area contributed by atoms with Crippen molar-refractivity contribution in [2.45, 2.75) is 19.0 Å². The molecule has 152 valence electrons. The summed E-state index contributed by atoms with van der Waals surface area (Å²) in [6, 6.07) is 9.52. The molecule has 1 aliphatic heterocycles. The highest BCUT2D eigenvalue weighted by atomic mass is 32.1. The maximum Gasteiger partial charge on any atom is 0.266 e. The number of fused-ring (bicyclic) bond motifs is 1. The Bertz CT molecular complexity index is 1020. The van der Waals surface area contributed by atoms with Gasteiger partial charge in [0.1, 0.15) is 21.7 Å². The molecule has 1 fully saturated rings. The summed E-state index contributed by atoms with van der Waals surface area (Å²) in [5.74, 6) is 0.793. The van der Waals surface area contributed by atoms with E-state index in [1.165, 1.54) is 11.3 Å². The molecule has 7 nitrogen and oxygen atoms in total.